The highest BCUT2D eigenvalue weighted by atomic mass is 35.5. The Morgan fingerprint density at radius 3 is 2.19 bits per heavy atom. The Morgan fingerprint density at radius 1 is 1.15 bits per heavy atom. The van der Waals surface area contributed by atoms with Gasteiger partial charge in [0.25, 0.3) is 5.72 Å². The minimum absolute atomic E-state index is 0.136. The summed E-state index contributed by atoms with van der Waals surface area (Å²) in [7, 11) is -3.37. The van der Waals surface area contributed by atoms with Crippen molar-refractivity contribution in [2.75, 3.05) is 11.2 Å². The molecule has 1 aliphatic rings. The number of sulfone groups is 1. The first-order chi connectivity index (χ1) is 12.5. The maximum Gasteiger partial charge on any atom is 0.361 e. The summed E-state index contributed by atoms with van der Waals surface area (Å²) in [5.74, 6) is -1.23. The van der Waals surface area contributed by atoms with Gasteiger partial charge in [0, 0.05) is 22.5 Å². The van der Waals surface area contributed by atoms with Crippen molar-refractivity contribution < 1.29 is 23.4 Å². The predicted molar refractivity (Wildman–Crippen MR) is 102 cm³/mol. The van der Waals surface area contributed by atoms with Crippen molar-refractivity contribution >= 4 is 38.9 Å². The molecule has 3 rings (SSSR count). The Balaban J connectivity index is 2.12. The van der Waals surface area contributed by atoms with Gasteiger partial charge in [0.2, 0.25) is 0 Å². The summed E-state index contributed by atoms with van der Waals surface area (Å²) >= 11 is 5.91. The summed E-state index contributed by atoms with van der Waals surface area (Å²) < 4.78 is 23.3. The number of anilines is 1. The molecule has 7 nitrogen and oxygen atoms in total. The standard InChI is InChI=1S/C18H17ClN2O5S/c1-11-18(24,17(22)23)20-16(12-3-5-13(19)6-4-12)21(11)14-7-9-15(10-8-14)27(2,25)26/h3-11,24H,1-2H3,(H,22,23). The third-order valence-corrected chi connectivity index (χ3v) is 5.82. The van der Waals surface area contributed by atoms with Crippen LogP contribution in [0.4, 0.5) is 5.69 Å². The van der Waals surface area contributed by atoms with Gasteiger partial charge in [-0.3, -0.25) is 0 Å². The molecule has 0 amide bonds. The van der Waals surface area contributed by atoms with Crippen LogP contribution in [-0.4, -0.2) is 48.5 Å². The van der Waals surface area contributed by atoms with E-state index in [0.29, 0.717) is 16.3 Å². The molecule has 0 radical (unpaired) electrons. The van der Waals surface area contributed by atoms with E-state index >= 15 is 0 Å². The van der Waals surface area contributed by atoms with E-state index in [1.54, 1.807) is 41.3 Å². The van der Waals surface area contributed by atoms with Crippen molar-refractivity contribution in [2.24, 2.45) is 4.99 Å². The number of carboxylic acid groups (broad SMARTS) is 1. The van der Waals surface area contributed by atoms with Crippen LogP contribution in [0.25, 0.3) is 0 Å². The van der Waals surface area contributed by atoms with Crippen LogP contribution in [0.2, 0.25) is 5.02 Å². The Morgan fingerprint density at radius 2 is 1.70 bits per heavy atom. The average molecular weight is 409 g/mol. The molecule has 2 aromatic rings. The number of carbonyl (C=O) groups is 1. The number of benzene rings is 2. The number of halogens is 1. The molecule has 2 atom stereocenters. The van der Waals surface area contributed by atoms with Gasteiger partial charge in [-0.15, -0.1) is 0 Å². The summed E-state index contributed by atoms with van der Waals surface area (Å²) in [6.07, 6.45) is 1.10. The maximum atomic E-state index is 11.7. The average Bonchev–Trinajstić information content (AvgIpc) is 2.88. The zero-order chi connectivity index (χ0) is 20.0. The number of hydrogen-bond donors (Lipinski definition) is 2. The molecule has 0 saturated carbocycles. The van der Waals surface area contributed by atoms with E-state index < -0.39 is 27.6 Å². The highest BCUT2D eigenvalue weighted by Gasteiger charge is 2.51. The molecule has 27 heavy (non-hydrogen) atoms. The maximum absolute atomic E-state index is 11.7. The second kappa shape index (κ2) is 6.63. The van der Waals surface area contributed by atoms with E-state index in [0.717, 1.165) is 6.26 Å². The zero-order valence-corrected chi connectivity index (χ0v) is 16.1. The molecule has 142 valence electrons. The predicted octanol–water partition coefficient (Wildman–Crippen LogP) is 2.17. The highest BCUT2D eigenvalue weighted by Crippen LogP contribution is 2.34. The van der Waals surface area contributed by atoms with Crippen LogP contribution in [0.15, 0.2) is 58.4 Å². The Kier molecular flexibility index (Phi) is 4.75. The monoisotopic (exact) mass is 408 g/mol. The van der Waals surface area contributed by atoms with Crippen molar-refractivity contribution in [3.8, 4) is 0 Å². The molecular weight excluding hydrogens is 392 g/mol. The van der Waals surface area contributed by atoms with Gasteiger partial charge >= 0.3 is 5.97 Å². The van der Waals surface area contributed by atoms with Gasteiger partial charge in [0.15, 0.2) is 9.84 Å². The molecule has 0 saturated heterocycles. The topological polar surface area (TPSA) is 107 Å². The fourth-order valence-corrected chi connectivity index (χ4v) is 3.66. The van der Waals surface area contributed by atoms with Gasteiger partial charge in [0.05, 0.1) is 10.9 Å². The summed E-state index contributed by atoms with van der Waals surface area (Å²) in [6, 6.07) is 11.6. The summed E-state index contributed by atoms with van der Waals surface area (Å²) in [6.45, 7) is 1.53. The lowest BCUT2D eigenvalue weighted by Gasteiger charge is -2.29. The van der Waals surface area contributed by atoms with Crippen LogP contribution in [0, 0.1) is 0 Å². The molecule has 1 heterocycles. The Hall–Kier alpha value is -2.42. The van der Waals surface area contributed by atoms with Gasteiger partial charge in [-0.05, 0) is 55.5 Å². The fraction of sp³-hybridized carbons (Fsp3) is 0.222. The van der Waals surface area contributed by atoms with E-state index in [2.05, 4.69) is 4.99 Å². The molecule has 0 bridgehead atoms. The third kappa shape index (κ3) is 3.43. The van der Waals surface area contributed by atoms with Crippen molar-refractivity contribution in [3.05, 3.63) is 59.1 Å². The van der Waals surface area contributed by atoms with Gasteiger partial charge in [-0.25, -0.2) is 18.2 Å². The second-order valence-electron chi connectivity index (χ2n) is 6.29. The quantitative estimate of drug-likeness (QED) is 0.802. The van der Waals surface area contributed by atoms with E-state index in [-0.39, 0.29) is 10.7 Å². The minimum atomic E-state index is -3.37. The van der Waals surface area contributed by atoms with Crippen LogP contribution in [0.3, 0.4) is 0 Å². The Labute approximate surface area is 161 Å². The van der Waals surface area contributed by atoms with Crippen LogP contribution in [0.5, 0.6) is 0 Å². The summed E-state index contributed by atoms with van der Waals surface area (Å²) in [4.78, 5) is 17.4. The van der Waals surface area contributed by atoms with E-state index in [4.69, 9.17) is 11.6 Å². The second-order valence-corrected chi connectivity index (χ2v) is 8.74. The van der Waals surface area contributed by atoms with Crippen LogP contribution >= 0.6 is 11.6 Å². The molecule has 0 aliphatic carbocycles. The Bertz CT molecular complexity index is 1020. The molecule has 9 heteroatoms. The SMILES string of the molecule is CC1N(c2ccc(S(C)(=O)=O)cc2)C(c2ccc(Cl)cc2)=NC1(O)C(=O)O. The number of aliphatic imine (C=N–C) groups is 1. The normalized spacial score (nSPS) is 22.6. The zero-order valence-electron chi connectivity index (χ0n) is 14.5. The lowest BCUT2D eigenvalue weighted by molar-refractivity contribution is -0.158. The van der Waals surface area contributed by atoms with Crippen LogP contribution in [-0.2, 0) is 14.6 Å². The molecule has 1 aliphatic heterocycles. The number of aliphatic carboxylic acids is 1. The molecule has 0 fully saturated rings. The smallest absolute Gasteiger partial charge is 0.361 e. The molecule has 0 aromatic heterocycles. The van der Waals surface area contributed by atoms with E-state index in [1.807, 2.05) is 0 Å². The fourth-order valence-electron chi connectivity index (χ4n) is 2.90. The molecule has 2 N–H and O–H groups in total. The third-order valence-electron chi connectivity index (χ3n) is 4.43. The highest BCUT2D eigenvalue weighted by molar-refractivity contribution is 7.90. The van der Waals surface area contributed by atoms with Crippen molar-refractivity contribution in [3.63, 3.8) is 0 Å². The minimum Gasteiger partial charge on any atom is -0.478 e. The van der Waals surface area contributed by atoms with Gasteiger partial charge in [-0.2, -0.15) is 0 Å². The largest absolute Gasteiger partial charge is 0.478 e. The van der Waals surface area contributed by atoms with Crippen LogP contribution in [0.1, 0.15) is 12.5 Å². The van der Waals surface area contributed by atoms with Gasteiger partial charge < -0.3 is 15.1 Å². The van der Waals surface area contributed by atoms with E-state index in [9.17, 15) is 23.4 Å². The number of amidine groups is 1. The summed E-state index contributed by atoms with van der Waals surface area (Å²) in [5, 5.41) is 20.6. The molecule has 2 aromatic carbocycles. The van der Waals surface area contributed by atoms with Crippen molar-refractivity contribution in [2.45, 2.75) is 23.6 Å². The van der Waals surface area contributed by atoms with Crippen molar-refractivity contribution in [1.82, 2.24) is 0 Å². The lowest BCUT2D eigenvalue weighted by atomic mass is 10.1. The first kappa shape index (κ1) is 19.3. The lowest BCUT2D eigenvalue weighted by Crippen LogP contribution is -2.50. The first-order valence-corrected chi connectivity index (χ1v) is 10.2. The molecular formula is C18H17ClN2O5S. The van der Waals surface area contributed by atoms with Gasteiger partial charge in [-0.1, -0.05) is 11.6 Å². The molecule has 0 spiro atoms. The number of hydrogen-bond acceptors (Lipinski definition) is 6. The van der Waals surface area contributed by atoms with Crippen molar-refractivity contribution in [1.29, 1.82) is 0 Å². The van der Waals surface area contributed by atoms with E-state index in [1.165, 1.54) is 19.1 Å². The number of carboxylic acids is 1. The van der Waals surface area contributed by atoms with Crippen LogP contribution < -0.4 is 4.90 Å². The first-order valence-electron chi connectivity index (χ1n) is 7.95. The van der Waals surface area contributed by atoms with Gasteiger partial charge in [0.1, 0.15) is 5.84 Å². The summed E-state index contributed by atoms with van der Waals surface area (Å²) in [5.41, 5.74) is -1.28. The number of aliphatic hydroxyl groups is 1. The number of rotatable bonds is 4. The number of nitrogens with zero attached hydrogens (tertiary/aromatic N) is 2. The molecule has 2 unspecified atom stereocenters.